The number of benzene rings is 1. The third kappa shape index (κ3) is 10.5. The van der Waals surface area contributed by atoms with Gasteiger partial charge in [-0.1, -0.05) is 26.8 Å². The van der Waals surface area contributed by atoms with Crippen molar-refractivity contribution < 1.29 is 33.0 Å². The van der Waals surface area contributed by atoms with Crippen LogP contribution in [0, 0.1) is 11.2 Å². The number of allylic oxidation sites excluding steroid dienone is 1. The van der Waals surface area contributed by atoms with Gasteiger partial charge in [0.05, 0.1) is 17.8 Å². The van der Waals surface area contributed by atoms with Crippen molar-refractivity contribution >= 4 is 40.6 Å². The average Bonchev–Trinajstić information content (AvgIpc) is 3.67. The van der Waals surface area contributed by atoms with Crippen molar-refractivity contribution in [2.45, 2.75) is 91.9 Å². The van der Waals surface area contributed by atoms with Gasteiger partial charge >= 0.3 is 12.2 Å². The number of rotatable bonds is 10. The Morgan fingerprint density at radius 2 is 1.71 bits per heavy atom. The standard InChI is InChI=1S/C38H50FN5O7/c1-37(2,3)23-26-21-27(39)20-25-22-28(44(32(25)26)36(49)51-38(4,5)6)24-43-19-13-14-29(34(43)47)40-33(46)30(15-9-10-16-31(45)41(7)8)50-35(48)42-17-11-12-18-42/h10,13-14,16,19-22,30H,9,11-12,15,17-18,23-24H2,1-8H3,(H,40,46)/b16-10+/t30-/m0/s1. The van der Waals surface area contributed by atoms with E-state index in [9.17, 15) is 28.4 Å². The summed E-state index contributed by atoms with van der Waals surface area (Å²) < 4.78 is 29.0. The number of hydrogen-bond donors (Lipinski definition) is 1. The van der Waals surface area contributed by atoms with Crippen LogP contribution in [0.1, 0.15) is 78.5 Å². The zero-order valence-corrected chi connectivity index (χ0v) is 30.9. The summed E-state index contributed by atoms with van der Waals surface area (Å²) in [5, 5.41) is 3.11. The number of carbonyl (C=O) groups is 4. The maximum absolute atomic E-state index is 14.9. The molecule has 1 aromatic carbocycles. The van der Waals surface area contributed by atoms with E-state index >= 15 is 0 Å². The fourth-order valence-corrected chi connectivity index (χ4v) is 5.85. The topological polar surface area (TPSA) is 132 Å². The van der Waals surface area contributed by atoms with Crippen LogP contribution in [0.2, 0.25) is 0 Å². The zero-order valence-electron chi connectivity index (χ0n) is 30.9. The highest BCUT2D eigenvalue weighted by atomic mass is 19.1. The monoisotopic (exact) mass is 707 g/mol. The number of likely N-dealkylation sites (N-methyl/N-ethyl adjacent to an activating group) is 1. The van der Waals surface area contributed by atoms with Crippen molar-refractivity contribution in [1.82, 2.24) is 18.9 Å². The molecule has 0 aliphatic carbocycles. The molecule has 51 heavy (non-hydrogen) atoms. The van der Waals surface area contributed by atoms with E-state index in [1.807, 2.05) is 20.8 Å². The number of hydrogen-bond acceptors (Lipinski definition) is 7. The molecule has 1 fully saturated rings. The van der Waals surface area contributed by atoms with E-state index in [0.29, 0.717) is 41.7 Å². The van der Waals surface area contributed by atoms with E-state index in [4.69, 9.17) is 9.47 Å². The second kappa shape index (κ2) is 15.9. The Hall–Kier alpha value is -4.94. The Kier molecular flexibility index (Phi) is 12.2. The Bertz CT molecular complexity index is 1860. The molecule has 3 heterocycles. The summed E-state index contributed by atoms with van der Waals surface area (Å²) in [5.74, 6) is -1.37. The highest BCUT2D eigenvalue weighted by molar-refractivity contribution is 5.95. The van der Waals surface area contributed by atoms with Gasteiger partial charge in [0.25, 0.3) is 11.5 Å². The van der Waals surface area contributed by atoms with Crippen molar-refractivity contribution in [1.29, 1.82) is 0 Å². The van der Waals surface area contributed by atoms with Gasteiger partial charge in [-0.2, -0.15) is 0 Å². The second-order valence-electron chi connectivity index (χ2n) is 15.3. The number of halogens is 1. The van der Waals surface area contributed by atoms with Gasteiger partial charge in [0.15, 0.2) is 6.10 Å². The molecule has 3 aromatic rings. The minimum Gasteiger partial charge on any atom is -0.443 e. The van der Waals surface area contributed by atoms with Gasteiger partial charge in [0.2, 0.25) is 5.91 Å². The summed E-state index contributed by atoms with van der Waals surface area (Å²) in [4.78, 5) is 68.8. The van der Waals surface area contributed by atoms with Crippen LogP contribution in [0.15, 0.2) is 53.5 Å². The van der Waals surface area contributed by atoms with Crippen molar-refractivity contribution in [2.24, 2.45) is 5.41 Å². The molecular weight excluding hydrogens is 657 g/mol. The number of carbonyl (C=O) groups excluding carboxylic acids is 4. The molecule has 1 aliphatic heterocycles. The molecule has 276 valence electrons. The lowest BCUT2D eigenvalue weighted by atomic mass is 9.87. The quantitative estimate of drug-likeness (QED) is 0.244. The molecule has 1 atom stereocenters. The van der Waals surface area contributed by atoms with Gasteiger partial charge in [-0.05, 0) is 100 Å². The number of fused-ring (bicyclic) bond motifs is 1. The summed E-state index contributed by atoms with van der Waals surface area (Å²) in [5.41, 5.74) is -0.203. The maximum atomic E-state index is 14.9. The third-order valence-electron chi connectivity index (χ3n) is 8.12. The van der Waals surface area contributed by atoms with E-state index in [0.717, 1.165) is 12.8 Å². The summed E-state index contributed by atoms with van der Waals surface area (Å²) >= 11 is 0. The molecule has 0 radical (unpaired) electrons. The van der Waals surface area contributed by atoms with E-state index < -0.39 is 41.2 Å². The molecule has 12 nitrogen and oxygen atoms in total. The van der Waals surface area contributed by atoms with E-state index in [1.54, 1.807) is 53.1 Å². The number of ether oxygens (including phenoxy) is 2. The average molecular weight is 708 g/mol. The van der Waals surface area contributed by atoms with Crippen LogP contribution in [0.5, 0.6) is 0 Å². The van der Waals surface area contributed by atoms with Crippen molar-refractivity contribution in [3.05, 3.63) is 76.1 Å². The minimum atomic E-state index is -1.24. The number of pyridine rings is 1. The highest BCUT2D eigenvalue weighted by Crippen LogP contribution is 2.31. The molecule has 0 unspecified atom stereocenters. The lowest BCUT2D eigenvalue weighted by Gasteiger charge is -2.23. The van der Waals surface area contributed by atoms with E-state index in [2.05, 4.69) is 5.32 Å². The largest absolute Gasteiger partial charge is 0.443 e. The van der Waals surface area contributed by atoms with Gasteiger partial charge in [-0.3, -0.25) is 14.4 Å². The number of nitrogens with zero attached hydrogens (tertiary/aromatic N) is 4. The van der Waals surface area contributed by atoms with Gasteiger partial charge in [-0.25, -0.2) is 18.5 Å². The normalized spacial score (nSPS) is 14.2. The van der Waals surface area contributed by atoms with Gasteiger partial charge in [0.1, 0.15) is 17.1 Å². The molecule has 13 heteroatoms. The lowest BCUT2D eigenvalue weighted by molar-refractivity contribution is -0.125. The Morgan fingerprint density at radius 1 is 1.02 bits per heavy atom. The third-order valence-corrected chi connectivity index (χ3v) is 8.12. The van der Waals surface area contributed by atoms with Gasteiger partial charge in [0, 0.05) is 38.8 Å². The van der Waals surface area contributed by atoms with Crippen molar-refractivity contribution in [2.75, 3.05) is 32.5 Å². The summed E-state index contributed by atoms with van der Waals surface area (Å²) in [6.45, 7) is 12.2. The predicted octanol–water partition coefficient (Wildman–Crippen LogP) is 6.33. The van der Waals surface area contributed by atoms with Crippen LogP contribution in [0.25, 0.3) is 10.9 Å². The number of aromatic nitrogens is 2. The number of amides is 3. The molecule has 2 aromatic heterocycles. The summed E-state index contributed by atoms with van der Waals surface area (Å²) in [6, 6.07) is 7.44. The van der Waals surface area contributed by atoms with Crippen molar-refractivity contribution in [3.8, 4) is 0 Å². The van der Waals surface area contributed by atoms with Gasteiger partial charge < -0.3 is 29.2 Å². The number of likely N-dealkylation sites (tertiary alicyclic amines) is 1. The first-order chi connectivity index (χ1) is 23.8. The van der Waals surface area contributed by atoms with Crippen molar-refractivity contribution in [3.63, 3.8) is 0 Å². The number of nitrogens with one attached hydrogen (secondary N) is 1. The van der Waals surface area contributed by atoms with Crippen LogP contribution in [0.3, 0.4) is 0 Å². The highest BCUT2D eigenvalue weighted by Gasteiger charge is 2.29. The first-order valence-corrected chi connectivity index (χ1v) is 17.2. The van der Waals surface area contributed by atoms with E-state index in [1.165, 1.54) is 49.4 Å². The van der Waals surface area contributed by atoms with E-state index in [-0.39, 0.29) is 36.4 Å². The fraction of sp³-hybridized carbons (Fsp3) is 0.500. The Labute approximate surface area is 298 Å². The summed E-state index contributed by atoms with van der Waals surface area (Å²) in [7, 11) is 3.24. The molecular formula is C38H50FN5O7. The van der Waals surface area contributed by atoms with Crippen LogP contribution in [-0.2, 0) is 32.0 Å². The fourth-order valence-electron chi connectivity index (χ4n) is 5.85. The smallest absolute Gasteiger partial charge is 0.419 e. The Balaban J connectivity index is 1.66. The number of anilines is 1. The first kappa shape index (κ1) is 38.9. The van der Waals surface area contributed by atoms with Crippen LogP contribution < -0.4 is 10.9 Å². The van der Waals surface area contributed by atoms with Gasteiger partial charge in [-0.15, -0.1) is 0 Å². The first-order valence-electron chi connectivity index (χ1n) is 17.2. The zero-order chi connectivity index (χ0) is 37.7. The molecule has 1 N–H and O–H groups in total. The molecule has 0 bridgehead atoms. The molecule has 3 amide bonds. The van der Waals surface area contributed by atoms with Crippen LogP contribution in [0.4, 0.5) is 19.7 Å². The molecule has 4 rings (SSSR count). The molecule has 1 saturated heterocycles. The molecule has 0 saturated carbocycles. The second-order valence-corrected chi connectivity index (χ2v) is 15.3. The predicted molar refractivity (Wildman–Crippen MR) is 193 cm³/mol. The maximum Gasteiger partial charge on any atom is 0.419 e. The van der Waals surface area contributed by atoms with Crippen LogP contribution in [-0.4, -0.2) is 81.8 Å². The van der Waals surface area contributed by atoms with Crippen LogP contribution >= 0.6 is 0 Å². The lowest BCUT2D eigenvalue weighted by Crippen LogP contribution is -2.39. The Morgan fingerprint density at radius 3 is 2.33 bits per heavy atom. The summed E-state index contributed by atoms with van der Waals surface area (Å²) in [6.07, 6.45) is 4.45. The SMILES string of the molecule is CN(C)C(=O)/C=C/CC[C@H](OC(=O)N1CCCC1)C(=O)Nc1cccn(Cc2cc3cc(F)cc(CC(C)(C)C)c3n2C(=O)OC(C)(C)C)c1=O. The molecule has 1 aliphatic rings. The minimum absolute atomic E-state index is 0.0672. The molecule has 0 spiro atoms.